The first-order valence-electron chi connectivity index (χ1n) is 13.9. The molecular weight excluding hydrogens is 550 g/mol. The average Bonchev–Trinajstić information content (AvgIpc) is 3.61. The van der Waals surface area contributed by atoms with Gasteiger partial charge in [-0.1, -0.05) is 50.0 Å². The van der Waals surface area contributed by atoms with Crippen LogP contribution in [-0.4, -0.2) is 58.4 Å². The maximum absolute atomic E-state index is 12.2. The normalized spacial score (nSPS) is 11.5. The van der Waals surface area contributed by atoms with Crippen LogP contribution in [-0.2, 0) is 16.0 Å². The summed E-state index contributed by atoms with van der Waals surface area (Å²) >= 11 is 0. The van der Waals surface area contributed by atoms with E-state index in [0.29, 0.717) is 30.1 Å². The van der Waals surface area contributed by atoms with Crippen LogP contribution in [0.25, 0.3) is 17.0 Å². The highest BCUT2D eigenvalue weighted by Gasteiger charge is 2.18. The first-order valence-corrected chi connectivity index (χ1v) is 17.6. The van der Waals surface area contributed by atoms with Gasteiger partial charge in [0, 0.05) is 33.6 Å². The van der Waals surface area contributed by atoms with Gasteiger partial charge in [0.2, 0.25) is 5.88 Å². The third-order valence-corrected chi connectivity index (χ3v) is 8.08. The maximum atomic E-state index is 12.2. The molecule has 3 heterocycles. The molecular formula is C31H35N5O5Si. The summed E-state index contributed by atoms with van der Waals surface area (Å²) in [6.45, 7) is 10.2. The summed E-state index contributed by atoms with van der Waals surface area (Å²) in [5.41, 5.74) is 2.74. The predicted molar refractivity (Wildman–Crippen MR) is 162 cm³/mol. The highest BCUT2D eigenvalue weighted by Crippen LogP contribution is 2.28. The van der Waals surface area contributed by atoms with Crippen molar-refractivity contribution in [3.05, 3.63) is 90.4 Å². The van der Waals surface area contributed by atoms with Gasteiger partial charge in [0.15, 0.2) is 6.79 Å². The van der Waals surface area contributed by atoms with Gasteiger partial charge in [-0.25, -0.2) is 14.5 Å². The number of carbonyl (C=O) groups is 1. The van der Waals surface area contributed by atoms with Crippen molar-refractivity contribution in [3.8, 4) is 23.3 Å². The Bertz CT molecular complexity index is 1640. The van der Waals surface area contributed by atoms with Crippen LogP contribution < -0.4 is 9.47 Å². The summed E-state index contributed by atoms with van der Waals surface area (Å²) in [6.07, 6.45) is 4.92. The third kappa shape index (κ3) is 7.42. The van der Waals surface area contributed by atoms with E-state index >= 15 is 0 Å². The Hall–Kier alpha value is -4.48. The molecule has 42 heavy (non-hydrogen) atoms. The molecule has 0 aliphatic heterocycles. The van der Waals surface area contributed by atoms with Crippen LogP contribution in [0, 0.1) is 0 Å². The van der Waals surface area contributed by atoms with Crippen LogP contribution >= 0.6 is 0 Å². The number of aromatic nitrogens is 5. The van der Waals surface area contributed by atoms with Crippen LogP contribution in [0.15, 0.2) is 79.3 Å². The Morgan fingerprint density at radius 3 is 2.57 bits per heavy atom. The van der Waals surface area contributed by atoms with Gasteiger partial charge in [-0.15, -0.1) is 0 Å². The SMILES string of the molecule is CCOC(=O)c1cnn(-c2nc(OCOCC[Si](C)(C)C)c3c(ccn3Cc3cccc(Oc4ccccc4)c3)n2)c1. The van der Waals surface area contributed by atoms with Crippen molar-refractivity contribution in [2.45, 2.75) is 39.2 Å². The highest BCUT2D eigenvalue weighted by molar-refractivity contribution is 6.76. The van der Waals surface area contributed by atoms with E-state index in [1.54, 1.807) is 13.1 Å². The van der Waals surface area contributed by atoms with Crippen molar-refractivity contribution in [1.82, 2.24) is 24.3 Å². The fourth-order valence-corrected chi connectivity index (χ4v) is 4.97. The molecule has 2 aromatic carbocycles. The molecule has 0 amide bonds. The fourth-order valence-electron chi connectivity index (χ4n) is 4.21. The summed E-state index contributed by atoms with van der Waals surface area (Å²) in [6, 6.07) is 20.6. The lowest BCUT2D eigenvalue weighted by Gasteiger charge is -2.16. The number of para-hydroxylation sites is 1. The van der Waals surface area contributed by atoms with Crippen molar-refractivity contribution in [3.63, 3.8) is 0 Å². The number of hydrogen-bond acceptors (Lipinski definition) is 8. The van der Waals surface area contributed by atoms with Crippen LogP contribution in [0.4, 0.5) is 0 Å². The molecule has 5 aromatic rings. The predicted octanol–water partition coefficient (Wildman–Crippen LogP) is 6.33. The zero-order valence-corrected chi connectivity index (χ0v) is 25.3. The topological polar surface area (TPSA) is 103 Å². The number of esters is 1. The number of ether oxygens (including phenoxy) is 4. The molecule has 0 aliphatic carbocycles. The molecule has 0 unspecified atom stereocenters. The molecule has 0 bridgehead atoms. The first-order chi connectivity index (χ1) is 20.3. The molecule has 0 aliphatic rings. The molecule has 5 rings (SSSR count). The average molecular weight is 586 g/mol. The zero-order valence-electron chi connectivity index (χ0n) is 24.3. The lowest BCUT2D eigenvalue weighted by atomic mass is 10.2. The smallest absolute Gasteiger partial charge is 0.341 e. The maximum Gasteiger partial charge on any atom is 0.341 e. The lowest BCUT2D eigenvalue weighted by Crippen LogP contribution is -2.22. The monoisotopic (exact) mass is 585 g/mol. The largest absolute Gasteiger partial charge is 0.462 e. The van der Waals surface area contributed by atoms with E-state index in [4.69, 9.17) is 23.9 Å². The highest BCUT2D eigenvalue weighted by atomic mass is 28.3. The number of carbonyl (C=O) groups excluding carboxylic acids is 1. The van der Waals surface area contributed by atoms with Gasteiger partial charge < -0.3 is 23.5 Å². The number of rotatable bonds is 13. The minimum atomic E-state index is -1.24. The molecule has 10 nitrogen and oxygen atoms in total. The van der Waals surface area contributed by atoms with Crippen molar-refractivity contribution < 1.29 is 23.7 Å². The van der Waals surface area contributed by atoms with Crippen LogP contribution in [0.1, 0.15) is 22.8 Å². The number of nitrogens with zero attached hydrogens (tertiary/aromatic N) is 5. The molecule has 0 spiro atoms. The minimum Gasteiger partial charge on any atom is -0.462 e. The molecule has 0 atom stereocenters. The van der Waals surface area contributed by atoms with Crippen LogP contribution in [0.3, 0.4) is 0 Å². The van der Waals surface area contributed by atoms with Gasteiger partial charge in [0.05, 0.1) is 23.9 Å². The molecule has 3 aromatic heterocycles. The quantitative estimate of drug-likeness (QED) is 0.0684. The molecule has 218 valence electrons. The van der Waals surface area contributed by atoms with Gasteiger partial charge >= 0.3 is 5.97 Å². The molecule has 0 N–H and O–H groups in total. The second-order valence-corrected chi connectivity index (χ2v) is 16.6. The molecule has 11 heteroatoms. The zero-order chi connectivity index (χ0) is 29.5. The molecule has 0 fully saturated rings. The van der Waals surface area contributed by atoms with E-state index in [-0.39, 0.29) is 19.3 Å². The van der Waals surface area contributed by atoms with Crippen LogP contribution in [0.2, 0.25) is 25.7 Å². The van der Waals surface area contributed by atoms with Gasteiger partial charge in [-0.2, -0.15) is 10.1 Å². The summed E-state index contributed by atoms with van der Waals surface area (Å²) in [4.78, 5) is 21.6. The second kappa shape index (κ2) is 13.0. The van der Waals surface area contributed by atoms with E-state index in [1.165, 1.54) is 10.9 Å². The van der Waals surface area contributed by atoms with E-state index in [9.17, 15) is 4.79 Å². The summed E-state index contributed by atoms with van der Waals surface area (Å²) in [5, 5.41) is 4.28. The third-order valence-electron chi connectivity index (χ3n) is 6.37. The van der Waals surface area contributed by atoms with Gasteiger partial charge in [-0.3, -0.25) is 0 Å². The first kappa shape index (κ1) is 29.0. The fraction of sp³-hybridized carbons (Fsp3) is 0.290. The standard InChI is InChI=1S/C31H35N5O5Si/c1-5-39-30(37)24-19-32-36(21-24)31-33-27-14-15-35(28(27)29(34-31)40-22-38-16-17-42(2,3)4)20-23-10-9-13-26(18-23)41-25-11-7-6-8-12-25/h6-15,18-19,21H,5,16-17,20,22H2,1-4H3. The number of hydrogen-bond donors (Lipinski definition) is 0. The Labute approximate surface area is 245 Å². The Morgan fingerprint density at radius 1 is 0.976 bits per heavy atom. The Kier molecular flexibility index (Phi) is 8.99. The second-order valence-electron chi connectivity index (χ2n) is 10.9. The molecule has 0 saturated heterocycles. The summed E-state index contributed by atoms with van der Waals surface area (Å²) < 4.78 is 26.5. The van der Waals surface area contributed by atoms with Crippen molar-refractivity contribution in [1.29, 1.82) is 0 Å². The minimum absolute atomic E-state index is 0.0504. The number of benzene rings is 2. The van der Waals surface area contributed by atoms with Gasteiger partial charge in [-0.05, 0) is 48.9 Å². The van der Waals surface area contributed by atoms with E-state index in [1.807, 2.05) is 71.4 Å². The summed E-state index contributed by atoms with van der Waals surface area (Å²) in [7, 11) is -1.24. The summed E-state index contributed by atoms with van der Waals surface area (Å²) in [5.74, 6) is 1.69. The van der Waals surface area contributed by atoms with Gasteiger partial charge in [0.25, 0.3) is 5.95 Å². The molecule has 0 saturated carbocycles. The van der Waals surface area contributed by atoms with E-state index in [2.05, 4.69) is 29.7 Å². The number of fused-ring (bicyclic) bond motifs is 1. The van der Waals surface area contributed by atoms with E-state index < -0.39 is 14.0 Å². The lowest BCUT2D eigenvalue weighted by molar-refractivity contribution is 0.0200. The van der Waals surface area contributed by atoms with Crippen LogP contribution in [0.5, 0.6) is 17.4 Å². The van der Waals surface area contributed by atoms with Crippen molar-refractivity contribution in [2.24, 2.45) is 0 Å². The van der Waals surface area contributed by atoms with E-state index in [0.717, 1.165) is 28.6 Å². The van der Waals surface area contributed by atoms with Gasteiger partial charge in [0.1, 0.15) is 17.0 Å². The Balaban J connectivity index is 1.42. The Morgan fingerprint density at radius 2 is 1.79 bits per heavy atom. The molecule has 0 radical (unpaired) electrons. The van der Waals surface area contributed by atoms with Crippen molar-refractivity contribution >= 4 is 25.1 Å². The van der Waals surface area contributed by atoms with Crippen molar-refractivity contribution in [2.75, 3.05) is 20.0 Å².